The van der Waals surface area contributed by atoms with Crippen molar-refractivity contribution in [1.29, 1.82) is 0 Å². The molecule has 0 saturated heterocycles. The highest BCUT2D eigenvalue weighted by molar-refractivity contribution is 5.43. The van der Waals surface area contributed by atoms with E-state index >= 15 is 0 Å². The van der Waals surface area contributed by atoms with Gasteiger partial charge in [-0.1, -0.05) is 182 Å². The van der Waals surface area contributed by atoms with Gasteiger partial charge < -0.3 is 0 Å². The lowest BCUT2D eigenvalue weighted by Crippen LogP contribution is -2.07. The molecule has 228 valence electrons. The predicted molar refractivity (Wildman–Crippen MR) is 179 cm³/mol. The standard InChI is InChI=1S/C39H72/c1-6-9-12-15-18-21-24-27-30-36-33-34-37(35(4)5)39(32-29-26-23-20-17-14-11-8-3)38(36)31-28-25-22-19-16-13-10-7-2/h33-35H,6-32H2,1-5H3. The maximum Gasteiger partial charge on any atom is -0.0216 e. The van der Waals surface area contributed by atoms with Gasteiger partial charge in [0, 0.05) is 0 Å². The van der Waals surface area contributed by atoms with Gasteiger partial charge in [0.05, 0.1) is 0 Å². The van der Waals surface area contributed by atoms with E-state index in [4.69, 9.17) is 0 Å². The molecule has 0 spiro atoms. The highest BCUT2D eigenvalue weighted by Gasteiger charge is 2.15. The molecule has 1 aromatic rings. The van der Waals surface area contributed by atoms with E-state index in [0.29, 0.717) is 5.92 Å². The molecule has 0 aliphatic heterocycles. The van der Waals surface area contributed by atoms with Crippen molar-refractivity contribution < 1.29 is 0 Å². The Morgan fingerprint density at radius 1 is 0.385 bits per heavy atom. The maximum absolute atomic E-state index is 2.55. The molecule has 0 nitrogen and oxygen atoms in total. The van der Waals surface area contributed by atoms with Gasteiger partial charge in [-0.3, -0.25) is 0 Å². The van der Waals surface area contributed by atoms with Crippen molar-refractivity contribution in [2.24, 2.45) is 0 Å². The molecule has 0 amide bonds. The third kappa shape index (κ3) is 18.3. The third-order valence-corrected chi connectivity index (χ3v) is 9.05. The number of benzene rings is 1. The second-order valence-corrected chi connectivity index (χ2v) is 13.1. The fourth-order valence-electron chi connectivity index (χ4n) is 6.46. The van der Waals surface area contributed by atoms with E-state index < -0.39 is 0 Å². The Morgan fingerprint density at radius 3 is 1.10 bits per heavy atom. The number of hydrogen-bond acceptors (Lipinski definition) is 0. The first-order valence-electron chi connectivity index (χ1n) is 18.3. The van der Waals surface area contributed by atoms with Crippen LogP contribution in [0.15, 0.2) is 12.1 Å². The van der Waals surface area contributed by atoms with Crippen molar-refractivity contribution in [1.82, 2.24) is 0 Å². The molecule has 0 aliphatic carbocycles. The van der Waals surface area contributed by atoms with E-state index in [0.717, 1.165) is 0 Å². The normalized spacial score (nSPS) is 11.6. The molecule has 0 aliphatic rings. The largest absolute Gasteiger partial charge is 0.0654 e. The summed E-state index contributed by atoms with van der Waals surface area (Å²) >= 11 is 0. The van der Waals surface area contributed by atoms with Crippen molar-refractivity contribution in [3.05, 3.63) is 34.4 Å². The molecule has 0 aromatic heterocycles. The fourth-order valence-corrected chi connectivity index (χ4v) is 6.46. The van der Waals surface area contributed by atoms with Crippen molar-refractivity contribution >= 4 is 0 Å². The Balaban J connectivity index is 2.74. The summed E-state index contributed by atoms with van der Waals surface area (Å²) in [4.78, 5) is 0. The number of hydrogen-bond donors (Lipinski definition) is 0. The first kappa shape index (κ1) is 36.2. The maximum atomic E-state index is 2.55. The van der Waals surface area contributed by atoms with Gasteiger partial charge in [0.1, 0.15) is 0 Å². The summed E-state index contributed by atoms with van der Waals surface area (Å²) in [7, 11) is 0. The van der Waals surface area contributed by atoms with Crippen molar-refractivity contribution in [2.75, 3.05) is 0 Å². The van der Waals surface area contributed by atoms with Crippen LogP contribution >= 0.6 is 0 Å². The molecular formula is C39H72. The summed E-state index contributed by atoms with van der Waals surface area (Å²) in [5, 5.41) is 0. The minimum atomic E-state index is 0.642. The summed E-state index contributed by atoms with van der Waals surface area (Å²) in [6, 6.07) is 5.08. The lowest BCUT2D eigenvalue weighted by molar-refractivity contribution is 0.566. The molecule has 0 fully saturated rings. The van der Waals surface area contributed by atoms with E-state index in [1.807, 2.05) is 0 Å². The van der Waals surface area contributed by atoms with Crippen LogP contribution in [0.5, 0.6) is 0 Å². The summed E-state index contributed by atoms with van der Waals surface area (Å²) < 4.78 is 0. The number of unbranched alkanes of at least 4 members (excludes halogenated alkanes) is 21. The molecule has 0 bridgehead atoms. The molecule has 1 rings (SSSR count). The Bertz CT molecular complexity index is 654. The van der Waals surface area contributed by atoms with Gasteiger partial charge in [-0.05, 0) is 66.7 Å². The Kier molecular flexibility index (Phi) is 24.3. The molecule has 0 heterocycles. The van der Waals surface area contributed by atoms with Gasteiger partial charge in [-0.15, -0.1) is 0 Å². The van der Waals surface area contributed by atoms with Crippen molar-refractivity contribution in [2.45, 2.75) is 214 Å². The smallest absolute Gasteiger partial charge is 0.0216 e. The zero-order valence-corrected chi connectivity index (χ0v) is 27.8. The van der Waals surface area contributed by atoms with E-state index in [-0.39, 0.29) is 0 Å². The van der Waals surface area contributed by atoms with Gasteiger partial charge in [-0.2, -0.15) is 0 Å². The average Bonchev–Trinajstić information content (AvgIpc) is 2.93. The molecule has 0 atom stereocenters. The first-order chi connectivity index (χ1) is 19.2. The second-order valence-electron chi connectivity index (χ2n) is 13.1. The highest BCUT2D eigenvalue weighted by Crippen LogP contribution is 2.30. The molecule has 0 heteroatoms. The predicted octanol–water partition coefficient (Wildman–Crippen LogP) is 13.9. The molecule has 39 heavy (non-hydrogen) atoms. The molecule has 0 radical (unpaired) electrons. The SMILES string of the molecule is CCCCCCCCCCc1ccc(C(C)C)c(CCCCCCCCCC)c1CCCCCCCCCC. The fraction of sp³-hybridized carbons (Fsp3) is 0.846. The van der Waals surface area contributed by atoms with Crippen molar-refractivity contribution in [3.63, 3.8) is 0 Å². The number of rotatable bonds is 28. The molecule has 0 unspecified atom stereocenters. The highest BCUT2D eigenvalue weighted by atomic mass is 14.2. The van der Waals surface area contributed by atoms with Crippen LogP contribution in [0.1, 0.15) is 217 Å². The van der Waals surface area contributed by atoms with Crippen LogP contribution < -0.4 is 0 Å². The summed E-state index contributed by atoms with van der Waals surface area (Å²) in [5.41, 5.74) is 6.93. The molecule has 0 saturated carbocycles. The van der Waals surface area contributed by atoms with E-state index in [1.54, 1.807) is 22.3 Å². The monoisotopic (exact) mass is 541 g/mol. The second kappa shape index (κ2) is 26.1. The van der Waals surface area contributed by atoms with E-state index in [1.165, 1.54) is 173 Å². The lowest BCUT2D eigenvalue weighted by Gasteiger charge is -2.22. The molecule has 1 aromatic carbocycles. The van der Waals surface area contributed by atoms with Crippen LogP contribution in [0.2, 0.25) is 0 Å². The van der Waals surface area contributed by atoms with Crippen LogP contribution in [0.25, 0.3) is 0 Å². The minimum Gasteiger partial charge on any atom is -0.0654 e. The quantitative estimate of drug-likeness (QED) is 0.0927. The van der Waals surface area contributed by atoms with Crippen LogP contribution in [-0.4, -0.2) is 0 Å². The Hall–Kier alpha value is -0.780. The van der Waals surface area contributed by atoms with Crippen LogP contribution in [0.4, 0.5) is 0 Å². The first-order valence-corrected chi connectivity index (χ1v) is 18.3. The lowest BCUT2D eigenvalue weighted by atomic mass is 9.84. The summed E-state index contributed by atoms with van der Waals surface area (Å²) in [6.07, 6.45) is 38.0. The Morgan fingerprint density at radius 2 is 0.718 bits per heavy atom. The summed E-state index contributed by atoms with van der Waals surface area (Å²) in [6.45, 7) is 11.8. The zero-order valence-electron chi connectivity index (χ0n) is 27.8. The minimum absolute atomic E-state index is 0.642. The van der Waals surface area contributed by atoms with Gasteiger partial charge in [0.15, 0.2) is 0 Å². The average molecular weight is 541 g/mol. The topological polar surface area (TPSA) is 0 Å². The van der Waals surface area contributed by atoms with E-state index in [2.05, 4.69) is 46.8 Å². The van der Waals surface area contributed by atoms with Crippen LogP contribution in [0, 0.1) is 0 Å². The van der Waals surface area contributed by atoms with Crippen LogP contribution in [-0.2, 0) is 19.3 Å². The van der Waals surface area contributed by atoms with Crippen molar-refractivity contribution in [3.8, 4) is 0 Å². The van der Waals surface area contributed by atoms with Gasteiger partial charge >= 0.3 is 0 Å². The van der Waals surface area contributed by atoms with Gasteiger partial charge in [0.2, 0.25) is 0 Å². The molecule has 0 N–H and O–H groups in total. The zero-order chi connectivity index (χ0) is 28.4. The molecular weight excluding hydrogens is 468 g/mol. The van der Waals surface area contributed by atoms with E-state index in [9.17, 15) is 0 Å². The summed E-state index contributed by atoms with van der Waals surface area (Å²) in [5.74, 6) is 0.642. The van der Waals surface area contributed by atoms with Gasteiger partial charge in [0.25, 0.3) is 0 Å². The number of aryl methyl sites for hydroxylation is 1. The van der Waals surface area contributed by atoms with Crippen LogP contribution in [0.3, 0.4) is 0 Å². The third-order valence-electron chi connectivity index (χ3n) is 9.05. The Labute approximate surface area is 247 Å². The van der Waals surface area contributed by atoms with Gasteiger partial charge in [-0.25, -0.2) is 0 Å².